The van der Waals surface area contributed by atoms with E-state index in [0.29, 0.717) is 24.5 Å². The van der Waals surface area contributed by atoms with Gasteiger partial charge < -0.3 is 14.8 Å². The summed E-state index contributed by atoms with van der Waals surface area (Å²) in [6.07, 6.45) is 2.36. The average molecular weight is 438 g/mol. The summed E-state index contributed by atoms with van der Waals surface area (Å²) < 4.78 is 11.3. The van der Waals surface area contributed by atoms with Gasteiger partial charge in [0, 0.05) is 11.9 Å². The van der Waals surface area contributed by atoms with Gasteiger partial charge in [0.25, 0.3) is 5.91 Å². The Hall–Kier alpha value is -2.90. The van der Waals surface area contributed by atoms with Crippen molar-refractivity contribution >= 4 is 17.2 Å². The van der Waals surface area contributed by atoms with E-state index in [4.69, 9.17) is 9.47 Å². The first-order chi connectivity index (χ1) is 15.2. The van der Waals surface area contributed by atoms with E-state index in [2.05, 4.69) is 27.3 Å². The quantitative estimate of drug-likeness (QED) is 0.541. The van der Waals surface area contributed by atoms with Crippen molar-refractivity contribution in [2.24, 2.45) is 0 Å². The molecule has 1 saturated heterocycles. The molecule has 2 heterocycles. The minimum Gasteiger partial charge on any atom is -0.497 e. The van der Waals surface area contributed by atoms with Crippen LogP contribution in [0.25, 0.3) is 0 Å². The van der Waals surface area contributed by atoms with Crippen molar-refractivity contribution in [2.45, 2.75) is 25.5 Å². The van der Waals surface area contributed by atoms with E-state index in [9.17, 15) is 4.79 Å². The largest absolute Gasteiger partial charge is 0.497 e. The number of methoxy groups -OCH3 is 1. The summed E-state index contributed by atoms with van der Waals surface area (Å²) in [5.41, 5.74) is 4.31. The molecule has 1 aliphatic rings. The monoisotopic (exact) mass is 437 g/mol. The molecule has 162 valence electrons. The highest BCUT2D eigenvalue weighted by atomic mass is 32.1. The zero-order chi connectivity index (χ0) is 21.5. The van der Waals surface area contributed by atoms with Crippen molar-refractivity contribution in [3.63, 3.8) is 0 Å². The summed E-state index contributed by atoms with van der Waals surface area (Å²) in [7, 11) is 1.67. The Morgan fingerprint density at radius 2 is 2.03 bits per heavy atom. The molecular weight excluding hydrogens is 410 g/mol. The lowest BCUT2D eigenvalue weighted by molar-refractivity contribution is 0.0933. The Kier molecular flexibility index (Phi) is 7.17. The van der Waals surface area contributed by atoms with E-state index < -0.39 is 0 Å². The number of likely N-dealkylation sites (tertiary alicyclic amines) is 1. The van der Waals surface area contributed by atoms with Crippen LogP contribution in [-0.4, -0.2) is 42.5 Å². The average Bonchev–Trinajstić information content (AvgIpc) is 3.53. The van der Waals surface area contributed by atoms with Crippen LogP contribution < -0.4 is 14.8 Å². The molecule has 1 fully saturated rings. The van der Waals surface area contributed by atoms with Gasteiger partial charge in [0.1, 0.15) is 18.1 Å². The van der Waals surface area contributed by atoms with Gasteiger partial charge in [0.15, 0.2) is 0 Å². The van der Waals surface area contributed by atoms with Crippen molar-refractivity contribution in [3.8, 4) is 11.5 Å². The molecule has 1 atom stereocenters. The van der Waals surface area contributed by atoms with Crippen LogP contribution in [0.5, 0.6) is 11.5 Å². The second-order valence-corrected chi connectivity index (χ2v) is 8.23. The van der Waals surface area contributed by atoms with Gasteiger partial charge in [-0.2, -0.15) is 0 Å². The van der Waals surface area contributed by atoms with Gasteiger partial charge in [-0.1, -0.05) is 24.3 Å². The Morgan fingerprint density at radius 1 is 1.19 bits per heavy atom. The molecule has 0 radical (unpaired) electrons. The molecule has 0 aliphatic carbocycles. The molecule has 0 bridgehead atoms. The first kappa shape index (κ1) is 21.3. The molecule has 1 amide bonds. The lowest BCUT2D eigenvalue weighted by Gasteiger charge is -2.28. The third kappa shape index (κ3) is 5.42. The van der Waals surface area contributed by atoms with Crippen LogP contribution in [0.15, 0.2) is 59.4 Å². The zero-order valence-corrected chi connectivity index (χ0v) is 18.4. The predicted octanol–water partition coefficient (Wildman–Crippen LogP) is 4.30. The van der Waals surface area contributed by atoms with Crippen LogP contribution in [0.3, 0.4) is 0 Å². The van der Waals surface area contributed by atoms with Crippen LogP contribution in [0.1, 0.15) is 40.5 Å². The zero-order valence-electron chi connectivity index (χ0n) is 17.6. The van der Waals surface area contributed by atoms with E-state index in [-0.39, 0.29) is 11.9 Å². The van der Waals surface area contributed by atoms with E-state index in [1.165, 1.54) is 24.2 Å². The number of hydrogen-bond acceptors (Lipinski definition) is 6. The molecule has 1 N–H and O–H groups in total. The van der Waals surface area contributed by atoms with Gasteiger partial charge in [0.05, 0.1) is 29.9 Å². The SMILES string of the molecule is COc1cccc(C(CNC(=O)c2ccccc2OCc2cscn2)N2CCCC2)c1. The van der Waals surface area contributed by atoms with E-state index in [1.54, 1.807) is 18.7 Å². The van der Waals surface area contributed by atoms with Crippen LogP contribution in [0, 0.1) is 0 Å². The molecule has 1 unspecified atom stereocenters. The maximum Gasteiger partial charge on any atom is 0.255 e. The lowest BCUT2D eigenvalue weighted by Crippen LogP contribution is -2.37. The minimum absolute atomic E-state index is 0.102. The summed E-state index contributed by atoms with van der Waals surface area (Å²) in [6.45, 7) is 2.93. The number of hydrogen-bond donors (Lipinski definition) is 1. The van der Waals surface area contributed by atoms with Gasteiger partial charge >= 0.3 is 0 Å². The number of nitrogens with one attached hydrogen (secondary N) is 1. The Morgan fingerprint density at radius 3 is 2.81 bits per heavy atom. The molecule has 7 heteroatoms. The fourth-order valence-electron chi connectivity index (χ4n) is 3.89. The van der Waals surface area contributed by atoms with Crippen LogP contribution in [0.2, 0.25) is 0 Å². The third-order valence-corrected chi connectivity index (χ3v) is 6.14. The van der Waals surface area contributed by atoms with E-state index in [0.717, 1.165) is 30.1 Å². The molecule has 1 aliphatic heterocycles. The minimum atomic E-state index is -0.138. The molecule has 31 heavy (non-hydrogen) atoms. The molecular formula is C24H27N3O3S. The number of ether oxygens (including phenoxy) is 2. The van der Waals surface area contributed by atoms with Crippen molar-refractivity contribution < 1.29 is 14.3 Å². The molecule has 3 aromatic rings. The molecule has 6 nitrogen and oxygen atoms in total. The summed E-state index contributed by atoms with van der Waals surface area (Å²) in [5, 5.41) is 5.07. The predicted molar refractivity (Wildman–Crippen MR) is 122 cm³/mol. The third-order valence-electron chi connectivity index (χ3n) is 5.51. The number of aromatic nitrogens is 1. The number of rotatable bonds is 9. The van der Waals surface area contributed by atoms with Crippen molar-refractivity contribution in [1.82, 2.24) is 15.2 Å². The fraction of sp³-hybridized carbons (Fsp3) is 0.333. The van der Waals surface area contributed by atoms with Crippen molar-refractivity contribution in [2.75, 3.05) is 26.7 Å². The Balaban J connectivity index is 1.46. The van der Waals surface area contributed by atoms with Gasteiger partial charge in [-0.05, 0) is 55.8 Å². The molecule has 1 aromatic heterocycles. The highest BCUT2D eigenvalue weighted by Gasteiger charge is 2.25. The topological polar surface area (TPSA) is 63.7 Å². The smallest absolute Gasteiger partial charge is 0.255 e. The maximum atomic E-state index is 13.1. The molecule has 2 aromatic carbocycles. The van der Waals surface area contributed by atoms with Crippen molar-refractivity contribution in [1.29, 1.82) is 0 Å². The van der Waals surface area contributed by atoms with Gasteiger partial charge in [-0.15, -0.1) is 11.3 Å². The molecule has 0 saturated carbocycles. The van der Waals surface area contributed by atoms with Crippen LogP contribution >= 0.6 is 11.3 Å². The number of carbonyl (C=O) groups is 1. The van der Waals surface area contributed by atoms with Crippen molar-refractivity contribution in [3.05, 3.63) is 76.2 Å². The van der Waals surface area contributed by atoms with Gasteiger partial charge in [-0.3, -0.25) is 9.69 Å². The fourth-order valence-corrected chi connectivity index (χ4v) is 4.43. The van der Waals surface area contributed by atoms with E-state index >= 15 is 0 Å². The number of para-hydroxylation sites is 1. The standard InChI is InChI=1S/C24H27N3O3S/c1-29-20-8-6-7-18(13-20)22(27-11-4-5-12-27)14-25-24(28)21-9-2-3-10-23(21)30-15-19-16-31-17-26-19/h2-3,6-10,13,16-17,22H,4-5,11-12,14-15H2,1H3,(H,25,28). The van der Waals surface area contributed by atoms with Crippen LogP contribution in [-0.2, 0) is 6.61 Å². The van der Waals surface area contributed by atoms with E-state index in [1.807, 2.05) is 35.7 Å². The van der Waals surface area contributed by atoms with Crippen LogP contribution in [0.4, 0.5) is 0 Å². The number of benzene rings is 2. The number of carbonyl (C=O) groups excluding carboxylic acids is 1. The Labute approximate surface area is 186 Å². The summed E-state index contributed by atoms with van der Waals surface area (Å²) in [5.74, 6) is 1.25. The molecule has 0 spiro atoms. The van der Waals surface area contributed by atoms with Gasteiger partial charge in [-0.25, -0.2) is 4.98 Å². The second-order valence-electron chi connectivity index (χ2n) is 7.51. The summed E-state index contributed by atoms with van der Waals surface area (Å²) in [4.78, 5) is 19.7. The summed E-state index contributed by atoms with van der Waals surface area (Å²) >= 11 is 1.53. The highest BCUT2D eigenvalue weighted by molar-refractivity contribution is 7.07. The summed E-state index contributed by atoms with van der Waals surface area (Å²) in [6, 6.07) is 15.5. The highest BCUT2D eigenvalue weighted by Crippen LogP contribution is 2.27. The number of nitrogens with zero attached hydrogens (tertiary/aromatic N) is 2. The normalized spacial score (nSPS) is 14.9. The second kappa shape index (κ2) is 10.4. The molecule has 4 rings (SSSR count). The number of thiazole rings is 1. The van der Waals surface area contributed by atoms with Gasteiger partial charge in [0.2, 0.25) is 0 Å². The lowest BCUT2D eigenvalue weighted by atomic mass is 10.0. The first-order valence-electron chi connectivity index (χ1n) is 10.5. The first-order valence-corrected chi connectivity index (χ1v) is 11.4. The maximum absolute atomic E-state index is 13.1. The Bertz CT molecular complexity index is 987. The number of amides is 1.